The van der Waals surface area contributed by atoms with Gasteiger partial charge in [-0.2, -0.15) is 0 Å². The molecule has 5 heteroatoms. The predicted molar refractivity (Wildman–Crippen MR) is 69.6 cm³/mol. The highest BCUT2D eigenvalue weighted by Crippen LogP contribution is 2.23. The van der Waals surface area contributed by atoms with Crippen LogP contribution in [-0.4, -0.2) is 35.6 Å². The first-order chi connectivity index (χ1) is 9.36. The van der Waals surface area contributed by atoms with E-state index in [1.165, 1.54) is 6.20 Å². The highest BCUT2D eigenvalue weighted by Gasteiger charge is 2.29. The molecule has 1 fully saturated rings. The monoisotopic (exact) mass is 257 g/mol. The Labute approximate surface area is 111 Å². The maximum Gasteiger partial charge on any atom is 0.293 e. The number of nitrogens with zero attached hydrogens (tertiary/aromatic N) is 2. The van der Waals surface area contributed by atoms with Gasteiger partial charge in [-0.3, -0.25) is 4.79 Å². The third-order valence-electron chi connectivity index (χ3n) is 3.34. The molecule has 1 saturated heterocycles. The number of carbonyl (C=O) groups is 1. The summed E-state index contributed by atoms with van der Waals surface area (Å²) >= 11 is 0. The second-order valence-electron chi connectivity index (χ2n) is 4.51. The van der Waals surface area contributed by atoms with Gasteiger partial charge in [0.2, 0.25) is 5.76 Å². The van der Waals surface area contributed by atoms with Crippen molar-refractivity contribution in [2.45, 2.75) is 6.04 Å². The zero-order valence-corrected chi connectivity index (χ0v) is 10.5. The second kappa shape index (κ2) is 5.24. The Kier molecular flexibility index (Phi) is 3.29. The average molecular weight is 257 g/mol. The fourth-order valence-electron chi connectivity index (χ4n) is 2.39. The average Bonchev–Trinajstić information content (AvgIpc) is 3.02. The standard InChI is InChI=1S/C14H15N3O2/c18-14(13-6-7-16-19-13)17-9-8-15-10-12(17)11-4-2-1-3-5-11/h1-7,12,15H,8-10H2. The van der Waals surface area contributed by atoms with E-state index in [-0.39, 0.29) is 11.9 Å². The summed E-state index contributed by atoms with van der Waals surface area (Å²) < 4.78 is 4.97. The normalized spacial score (nSPS) is 19.4. The molecule has 0 aliphatic carbocycles. The van der Waals surface area contributed by atoms with E-state index in [4.69, 9.17) is 4.52 Å². The molecule has 5 nitrogen and oxygen atoms in total. The molecule has 1 aromatic carbocycles. The van der Waals surface area contributed by atoms with Crippen LogP contribution in [-0.2, 0) is 0 Å². The summed E-state index contributed by atoms with van der Waals surface area (Å²) in [4.78, 5) is 14.2. The molecule has 2 aromatic rings. The van der Waals surface area contributed by atoms with E-state index in [2.05, 4.69) is 10.5 Å². The summed E-state index contributed by atoms with van der Waals surface area (Å²) in [5.41, 5.74) is 1.13. The summed E-state index contributed by atoms with van der Waals surface area (Å²) in [6, 6.07) is 11.7. The lowest BCUT2D eigenvalue weighted by Gasteiger charge is -2.35. The number of benzene rings is 1. The third kappa shape index (κ3) is 2.37. The van der Waals surface area contributed by atoms with Gasteiger partial charge in [-0.15, -0.1) is 0 Å². The van der Waals surface area contributed by atoms with Crippen molar-refractivity contribution in [3.05, 3.63) is 53.9 Å². The minimum atomic E-state index is -0.104. The van der Waals surface area contributed by atoms with Gasteiger partial charge >= 0.3 is 0 Å². The molecule has 1 amide bonds. The van der Waals surface area contributed by atoms with Gasteiger partial charge in [-0.25, -0.2) is 0 Å². The number of hydrogen-bond acceptors (Lipinski definition) is 4. The van der Waals surface area contributed by atoms with Crippen LogP contribution in [0.4, 0.5) is 0 Å². The van der Waals surface area contributed by atoms with E-state index >= 15 is 0 Å². The molecular formula is C14H15N3O2. The Morgan fingerprint density at radius 1 is 1.32 bits per heavy atom. The van der Waals surface area contributed by atoms with Crippen LogP contribution in [0, 0.1) is 0 Å². The Morgan fingerprint density at radius 3 is 2.89 bits per heavy atom. The van der Waals surface area contributed by atoms with Gasteiger partial charge in [0.15, 0.2) is 0 Å². The molecule has 1 atom stereocenters. The highest BCUT2D eigenvalue weighted by molar-refractivity contribution is 5.91. The van der Waals surface area contributed by atoms with Gasteiger partial charge in [0.05, 0.1) is 12.2 Å². The lowest BCUT2D eigenvalue weighted by Crippen LogP contribution is -2.48. The van der Waals surface area contributed by atoms with Crippen LogP contribution >= 0.6 is 0 Å². The van der Waals surface area contributed by atoms with Crippen LogP contribution in [0.1, 0.15) is 22.2 Å². The first-order valence-corrected chi connectivity index (χ1v) is 6.33. The van der Waals surface area contributed by atoms with E-state index in [1.54, 1.807) is 6.07 Å². The van der Waals surface area contributed by atoms with Crippen LogP contribution in [0.25, 0.3) is 0 Å². The lowest BCUT2D eigenvalue weighted by atomic mass is 10.0. The molecule has 0 spiro atoms. The number of rotatable bonds is 2. The molecule has 0 saturated carbocycles. The Balaban J connectivity index is 1.87. The maximum atomic E-state index is 12.4. The SMILES string of the molecule is O=C(c1ccno1)N1CCNCC1c1ccccc1. The van der Waals surface area contributed by atoms with Crippen LogP contribution < -0.4 is 5.32 Å². The molecule has 1 aromatic heterocycles. The molecule has 3 rings (SSSR count). The molecule has 0 bridgehead atoms. The molecule has 1 aliphatic heterocycles. The number of amides is 1. The molecule has 1 N–H and O–H groups in total. The van der Waals surface area contributed by atoms with E-state index in [0.29, 0.717) is 12.3 Å². The first kappa shape index (κ1) is 11.9. The molecular weight excluding hydrogens is 242 g/mol. The minimum absolute atomic E-state index is 0.0348. The zero-order chi connectivity index (χ0) is 13.1. The van der Waals surface area contributed by atoms with Gasteiger partial charge in [-0.05, 0) is 5.56 Å². The van der Waals surface area contributed by atoms with E-state index < -0.39 is 0 Å². The van der Waals surface area contributed by atoms with E-state index in [1.807, 2.05) is 35.2 Å². The lowest BCUT2D eigenvalue weighted by molar-refractivity contribution is 0.0592. The number of aromatic nitrogens is 1. The largest absolute Gasteiger partial charge is 0.351 e. The maximum absolute atomic E-state index is 12.4. The van der Waals surface area contributed by atoms with Gasteiger partial charge in [0.25, 0.3) is 5.91 Å². The summed E-state index contributed by atoms with van der Waals surface area (Å²) in [6.45, 7) is 2.21. The van der Waals surface area contributed by atoms with Gasteiger partial charge < -0.3 is 14.7 Å². The smallest absolute Gasteiger partial charge is 0.293 e. The topological polar surface area (TPSA) is 58.4 Å². The van der Waals surface area contributed by atoms with Crippen molar-refractivity contribution in [1.82, 2.24) is 15.4 Å². The van der Waals surface area contributed by atoms with Gasteiger partial charge in [-0.1, -0.05) is 35.5 Å². The number of nitrogens with one attached hydrogen (secondary N) is 1. The molecule has 0 radical (unpaired) electrons. The first-order valence-electron chi connectivity index (χ1n) is 6.33. The van der Waals surface area contributed by atoms with Gasteiger partial charge in [0.1, 0.15) is 0 Å². The quantitative estimate of drug-likeness (QED) is 0.885. The summed E-state index contributed by atoms with van der Waals surface area (Å²) in [7, 11) is 0. The van der Waals surface area contributed by atoms with E-state index in [0.717, 1.165) is 18.7 Å². The third-order valence-corrected chi connectivity index (χ3v) is 3.34. The van der Waals surface area contributed by atoms with Crippen molar-refractivity contribution >= 4 is 5.91 Å². The van der Waals surface area contributed by atoms with Crippen molar-refractivity contribution in [2.75, 3.05) is 19.6 Å². The highest BCUT2D eigenvalue weighted by atomic mass is 16.5. The van der Waals surface area contributed by atoms with Crippen LogP contribution in [0.3, 0.4) is 0 Å². The van der Waals surface area contributed by atoms with Crippen molar-refractivity contribution < 1.29 is 9.32 Å². The fraction of sp³-hybridized carbons (Fsp3) is 0.286. The number of piperazine rings is 1. The minimum Gasteiger partial charge on any atom is -0.351 e. The summed E-state index contributed by atoms with van der Waals surface area (Å²) in [6.07, 6.45) is 1.49. The second-order valence-corrected chi connectivity index (χ2v) is 4.51. The molecule has 1 aliphatic rings. The number of hydrogen-bond donors (Lipinski definition) is 1. The van der Waals surface area contributed by atoms with Gasteiger partial charge in [0, 0.05) is 25.7 Å². The van der Waals surface area contributed by atoms with Crippen LogP contribution in [0.5, 0.6) is 0 Å². The molecule has 1 unspecified atom stereocenters. The Bertz CT molecular complexity index is 539. The molecule has 98 valence electrons. The summed E-state index contributed by atoms with van der Waals surface area (Å²) in [5, 5.41) is 6.92. The zero-order valence-electron chi connectivity index (χ0n) is 10.5. The van der Waals surface area contributed by atoms with Crippen LogP contribution in [0.15, 0.2) is 47.1 Å². The molecule has 2 heterocycles. The summed E-state index contributed by atoms with van der Waals surface area (Å²) in [5.74, 6) is 0.190. The molecule has 19 heavy (non-hydrogen) atoms. The Hall–Kier alpha value is -2.14. The van der Waals surface area contributed by atoms with Crippen molar-refractivity contribution in [3.63, 3.8) is 0 Å². The Morgan fingerprint density at radius 2 is 2.16 bits per heavy atom. The number of carbonyl (C=O) groups excluding carboxylic acids is 1. The van der Waals surface area contributed by atoms with Crippen molar-refractivity contribution in [2.24, 2.45) is 0 Å². The predicted octanol–water partition coefficient (Wildman–Crippen LogP) is 1.46. The van der Waals surface area contributed by atoms with Crippen molar-refractivity contribution in [3.8, 4) is 0 Å². The fourth-order valence-corrected chi connectivity index (χ4v) is 2.39. The van der Waals surface area contributed by atoms with Crippen molar-refractivity contribution in [1.29, 1.82) is 0 Å². The van der Waals surface area contributed by atoms with Crippen LogP contribution in [0.2, 0.25) is 0 Å². The van der Waals surface area contributed by atoms with E-state index in [9.17, 15) is 4.79 Å².